The van der Waals surface area contributed by atoms with Crippen LogP contribution in [-0.4, -0.2) is 19.0 Å². The van der Waals surface area contributed by atoms with Crippen molar-refractivity contribution in [1.82, 2.24) is 4.90 Å². The Morgan fingerprint density at radius 3 is 2.00 bits per heavy atom. The van der Waals surface area contributed by atoms with Crippen LogP contribution in [0.4, 0.5) is 0 Å². The summed E-state index contributed by atoms with van der Waals surface area (Å²) < 4.78 is 0. The van der Waals surface area contributed by atoms with E-state index in [1.54, 1.807) is 0 Å². The first-order chi connectivity index (χ1) is 8.75. The van der Waals surface area contributed by atoms with Crippen molar-refractivity contribution in [1.29, 1.82) is 0 Å². The molecular formula is C17H21N. The van der Waals surface area contributed by atoms with E-state index in [1.807, 2.05) is 0 Å². The van der Waals surface area contributed by atoms with E-state index < -0.39 is 0 Å². The maximum atomic E-state index is 2.25. The molecule has 0 saturated carbocycles. The SMILES string of the molecule is CN(C)Cc1ccccc1CCc1ccccc1. The van der Waals surface area contributed by atoms with E-state index in [0.29, 0.717) is 0 Å². The Balaban J connectivity index is 2.05. The molecule has 0 radical (unpaired) electrons. The molecule has 0 amide bonds. The molecule has 0 unspecified atom stereocenters. The lowest BCUT2D eigenvalue weighted by atomic mass is 9.99. The van der Waals surface area contributed by atoms with Crippen molar-refractivity contribution in [3.05, 3.63) is 71.3 Å². The summed E-state index contributed by atoms with van der Waals surface area (Å²) in [5.41, 5.74) is 4.32. The van der Waals surface area contributed by atoms with E-state index in [-0.39, 0.29) is 0 Å². The molecule has 0 aliphatic rings. The molecule has 0 fully saturated rings. The van der Waals surface area contributed by atoms with E-state index in [2.05, 4.69) is 73.6 Å². The van der Waals surface area contributed by atoms with Crippen molar-refractivity contribution >= 4 is 0 Å². The molecule has 94 valence electrons. The second-order valence-corrected chi connectivity index (χ2v) is 4.99. The van der Waals surface area contributed by atoms with E-state index in [1.165, 1.54) is 16.7 Å². The maximum absolute atomic E-state index is 2.25. The van der Waals surface area contributed by atoms with Gasteiger partial charge in [0.1, 0.15) is 0 Å². The number of benzene rings is 2. The van der Waals surface area contributed by atoms with Crippen molar-refractivity contribution in [3.8, 4) is 0 Å². The molecule has 0 spiro atoms. The standard InChI is InChI=1S/C17H21N/c1-18(2)14-17-11-7-6-10-16(17)13-12-15-8-4-3-5-9-15/h3-11H,12-14H2,1-2H3. The molecule has 0 aliphatic heterocycles. The molecule has 0 atom stereocenters. The van der Waals surface area contributed by atoms with Gasteiger partial charge >= 0.3 is 0 Å². The Hall–Kier alpha value is -1.60. The molecule has 2 rings (SSSR count). The third-order valence-corrected chi connectivity index (χ3v) is 3.13. The van der Waals surface area contributed by atoms with Crippen LogP contribution in [0, 0.1) is 0 Å². The molecule has 2 aromatic carbocycles. The summed E-state index contributed by atoms with van der Waals surface area (Å²) in [6.07, 6.45) is 2.24. The molecule has 0 aromatic heterocycles. The fraction of sp³-hybridized carbons (Fsp3) is 0.294. The van der Waals surface area contributed by atoms with Crippen LogP contribution in [0.5, 0.6) is 0 Å². The molecule has 0 bridgehead atoms. The summed E-state index contributed by atoms with van der Waals surface area (Å²) in [5.74, 6) is 0. The fourth-order valence-corrected chi connectivity index (χ4v) is 2.22. The van der Waals surface area contributed by atoms with Crippen LogP contribution in [-0.2, 0) is 19.4 Å². The molecule has 18 heavy (non-hydrogen) atoms. The average Bonchev–Trinajstić information content (AvgIpc) is 2.38. The molecule has 2 aromatic rings. The normalized spacial score (nSPS) is 10.8. The molecule has 1 nitrogen and oxygen atoms in total. The van der Waals surface area contributed by atoms with Crippen LogP contribution < -0.4 is 0 Å². The van der Waals surface area contributed by atoms with Crippen LogP contribution in [0.1, 0.15) is 16.7 Å². The van der Waals surface area contributed by atoms with Gasteiger partial charge in [-0.15, -0.1) is 0 Å². The van der Waals surface area contributed by atoms with Gasteiger partial charge in [0, 0.05) is 6.54 Å². The van der Waals surface area contributed by atoms with E-state index >= 15 is 0 Å². The first-order valence-corrected chi connectivity index (χ1v) is 6.51. The highest BCUT2D eigenvalue weighted by Crippen LogP contribution is 2.13. The van der Waals surface area contributed by atoms with Crippen molar-refractivity contribution < 1.29 is 0 Å². The highest BCUT2D eigenvalue weighted by atomic mass is 15.0. The number of rotatable bonds is 5. The lowest BCUT2D eigenvalue weighted by Crippen LogP contribution is -2.12. The Morgan fingerprint density at radius 1 is 0.722 bits per heavy atom. The predicted octanol–water partition coefficient (Wildman–Crippen LogP) is 3.53. The first kappa shape index (κ1) is 12.8. The van der Waals surface area contributed by atoms with Crippen molar-refractivity contribution in [2.45, 2.75) is 19.4 Å². The lowest BCUT2D eigenvalue weighted by Gasteiger charge is -2.14. The van der Waals surface area contributed by atoms with Crippen LogP contribution in [0.2, 0.25) is 0 Å². The summed E-state index contributed by atoms with van der Waals surface area (Å²) in [6, 6.07) is 19.5. The largest absolute Gasteiger partial charge is 0.305 e. The average molecular weight is 239 g/mol. The molecule has 1 heteroatoms. The van der Waals surface area contributed by atoms with Gasteiger partial charge in [-0.1, -0.05) is 54.6 Å². The highest BCUT2D eigenvalue weighted by molar-refractivity contribution is 5.28. The zero-order valence-electron chi connectivity index (χ0n) is 11.3. The van der Waals surface area contributed by atoms with Gasteiger partial charge in [0.15, 0.2) is 0 Å². The second kappa shape index (κ2) is 6.36. The minimum atomic E-state index is 1.02. The Morgan fingerprint density at radius 2 is 1.33 bits per heavy atom. The number of aryl methyl sites for hydroxylation is 2. The van der Waals surface area contributed by atoms with Gasteiger partial charge in [-0.2, -0.15) is 0 Å². The van der Waals surface area contributed by atoms with Crippen LogP contribution >= 0.6 is 0 Å². The van der Waals surface area contributed by atoms with Gasteiger partial charge in [0.05, 0.1) is 0 Å². The Kier molecular flexibility index (Phi) is 4.54. The smallest absolute Gasteiger partial charge is 0.0230 e. The second-order valence-electron chi connectivity index (χ2n) is 4.99. The molecule has 0 N–H and O–H groups in total. The number of nitrogens with zero attached hydrogens (tertiary/aromatic N) is 1. The van der Waals surface area contributed by atoms with Gasteiger partial charge in [0.2, 0.25) is 0 Å². The number of hydrogen-bond acceptors (Lipinski definition) is 1. The van der Waals surface area contributed by atoms with Gasteiger partial charge < -0.3 is 4.90 Å². The van der Waals surface area contributed by atoms with E-state index in [4.69, 9.17) is 0 Å². The summed E-state index contributed by atoms with van der Waals surface area (Å²) in [6.45, 7) is 1.02. The van der Waals surface area contributed by atoms with Gasteiger partial charge in [-0.25, -0.2) is 0 Å². The summed E-state index contributed by atoms with van der Waals surface area (Å²) >= 11 is 0. The first-order valence-electron chi connectivity index (χ1n) is 6.51. The third kappa shape index (κ3) is 3.71. The van der Waals surface area contributed by atoms with Crippen LogP contribution in [0.3, 0.4) is 0 Å². The van der Waals surface area contributed by atoms with Crippen molar-refractivity contribution in [2.24, 2.45) is 0 Å². The van der Waals surface area contributed by atoms with Crippen molar-refractivity contribution in [3.63, 3.8) is 0 Å². The van der Waals surface area contributed by atoms with Gasteiger partial charge in [-0.3, -0.25) is 0 Å². The zero-order chi connectivity index (χ0) is 12.8. The monoisotopic (exact) mass is 239 g/mol. The molecule has 0 aliphatic carbocycles. The van der Waals surface area contributed by atoms with E-state index in [0.717, 1.165) is 19.4 Å². The Bertz CT molecular complexity index is 474. The fourth-order valence-electron chi connectivity index (χ4n) is 2.22. The quantitative estimate of drug-likeness (QED) is 0.771. The summed E-state index contributed by atoms with van der Waals surface area (Å²) in [7, 11) is 4.24. The van der Waals surface area contributed by atoms with Crippen molar-refractivity contribution in [2.75, 3.05) is 14.1 Å². The molecular weight excluding hydrogens is 218 g/mol. The third-order valence-electron chi connectivity index (χ3n) is 3.13. The van der Waals surface area contributed by atoms with Gasteiger partial charge in [0.25, 0.3) is 0 Å². The number of hydrogen-bond donors (Lipinski definition) is 0. The lowest BCUT2D eigenvalue weighted by molar-refractivity contribution is 0.401. The topological polar surface area (TPSA) is 3.24 Å². The van der Waals surface area contributed by atoms with Crippen LogP contribution in [0.25, 0.3) is 0 Å². The predicted molar refractivity (Wildman–Crippen MR) is 77.7 cm³/mol. The minimum Gasteiger partial charge on any atom is -0.305 e. The van der Waals surface area contributed by atoms with Gasteiger partial charge in [-0.05, 0) is 43.6 Å². The van der Waals surface area contributed by atoms with Crippen LogP contribution in [0.15, 0.2) is 54.6 Å². The molecule has 0 heterocycles. The summed E-state index contributed by atoms with van der Waals surface area (Å²) in [5, 5.41) is 0. The minimum absolute atomic E-state index is 1.02. The Labute approximate surface area is 110 Å². The maximum Gasteiger partial charge on any atom is 0.0230 e. The molecule has 0 saturated heterocycles. The highest BCUT2D eigenvalue weighted by Gasteiger charge is 2.03. The summed E-state index contributed by atoms with van der Waals surface area (Å²) in [4.78, 5) is 2.22. The van der Waals surface area contributed by atoms with E-state index in [9.17, 15) is 0 Å². The zero-order valence-corrected chi connectivity index (χ0v) is 11.3.